The lowest BCUT2D eigenvalue weighted by atomic mass is 9.94. The zero-order chi connectivity index (χ0) is 28.3. The average molecular weight is 548 g/mol. The van der Waals surface area contributed by atoms with E-state index in [1.165, 1.54) is 38.2 Å². The van der Waals surface area contributed by atoms with Crippen LogP contribution in [-0.4, -0.2) is 45.6 Å². The Kier molecular flexibility index (Phi) is 6.58. The fourth-order valence-electron chi connectivity index (χ4n) is 5.31. The van der Waals surface area contributed by atoms with Crippen molar-refractivity contribution in [2.45, 2.75) is 63.7 Å². The molecule has 0 spiro atoms. The molecule has 3 heterocycles. The predicted octanol–water partition coefficient (Wildman–Crippen LogP) is 6.11. The lowest BCUT2D eigenvalue weighted by Crippen LogP contribution is -2.36. The number of benzene rings is 2. The highest BCUT2D eigenvalue weighted by atomic mass is 19.4. The number of alkyl halides is 5. The zero-order valence-corrected chi connectivity index (χ0v) is 21.3. The van der Waals surface area contributed by atoms with Crippen molar-refractivity contribution in [3.8, 4) is 5.75 Å². The number of aromatic nitrogens is 2. The van der Waals surface area contributed by atoms with E-state index in [0.29, 0.717) is 22.4 Å². The Bertz CT molecular complexity index is 1500. The molecule has 2 aliphatic rings. The van der Waals surface area contributed by atoms with Crippen molar-refractivity contribution in [2.75, 3.05) is 0 Å². The summed E-state index contributed by atoms with van der Waals surface area (Å²) in [4.78, 5) is 12.6. The smallest absolute Gasteiger partial charge is 0.407 e. The first-order chi connectivity index (χ1) is 18.3. The molecule has 2 N–H and O–H groups in total. The number of ether oxygens (including phenoxy) is 1. The van der Waals surface area contributed by atoms with Crippen LogP contribution in [0.5, 0.6) is 5.75 Å². The molecule has 2 aromatic carbocycles. The second-order valence-electron chi connectivity index (χ2n) is 10.1. The van der Waals surface area contributed by atoms with Crippen molar-refractivity contribution in [2.24, 2.45) is 9.98 Å². The van der Waals surface area contributed by atoms with E-state index in [2.05, 4.69) is 27.0 Å². The van der Waals surface area contributed by atoms with E-state index in [0.717, 1.165) is 5.56 Å². The number of nitrogens with zero attached hydrogens (tertiary/aromatic N) is 4. The minimum Gasteiger partial charge on any atom is -0.434 e. The second-order valence-corrected chi connectivity index (χ2v) is 10.1. The van der Waals surface area contributed by atoms with Crippen molar-refractivity contribution in [1.82, 2.24) is 14.9 Å². The van der Waals surface area contributed by atoms with Crippen LogP contribution in [0.3, 0.4) is 0 Å². The lowest BCUT2D eigenvalue weighted by molar-refractivity contribution is -0.159. The topological polar surface area (TPSA) is 84.0 Å². The number of hydrogen-bond acceptors (Lipinski definition) is 5. The van der Waals surface area contributed by atoms with Gasteiger partial charge in [-0.15, -0.1) is 0 Å². The molecule has 1 aromatic heterocycles. The first kappa shape index (κ1) is 26.9. The van der Waals surface area contributed by atoms with Crippen LogP contribution in [-0.2, 0) is 0 Å². The van der Waals surface area contributed by atoms with Crippen LogP contribution in [0.15, 0.2) is 52.6 Å². The van der Waals surface area contributed by atoms with Crippen LogP contribution in [0.4, 0.5) is 22.0 Å². The van der Waals surface area contributed by atoms with E-state index in [9.17, 15) is 27.1 Å². The third kappa shape index (κ3) is 4.82. The van der Waals surface area contributed by atoms with Gasteiger partial charge in [-0.05, 0) is 68.8 Å². The first-order valence-electron chi connectivity index (χ1n) is 12.2. The number of hydrogen-bond donors (Lipinski definition) is 2. The van der Waals surface area contributed by atoms with Gasteiger partial charge in [-0.2, -0.15) is 22.0 Å². The molecule has 3 atom stereocenters. The standard InChI is InChI=1S/C27H26F5N5O2/c1-13(12-34-24(33-4)26(2,3)38)14-8-9-16-18(10-14)37-19-11-17(23(37)36-16)35-22(27(30,31)32)15-6-5-7-20(21(15)19)39-25(28)29/h5-10,12,17,19,22,25,35,38H,4,11H2,1-3H3/b13-12+,34-24?/t17?,19-,22-/m1/s1. The van der Waals surface area contributed by atoms with E-state index in [1.54, 1.807) is 23.6 Å². The Labute approximate surface area is 220 Å². The van der Waals surface area contributed by atoms with Gasteiger partial charge in [0.1, 0.15) is 23.2 Å². The molecule has 7 nitrogen and oxygen atoms in total. The third-order valence-electron chi connectivity index (χ3n) is 6.99. The highest BCUT2D eigenvalue weighted by molar-refractivity contribution is 5.93. The van der Waals surface area contributed by atoms with E-state index in [4.69, 9.17) is 4.74 Å². The highest BCUT2D eigenvalue weighted by Crippen LogP contribution is 2.52. The predicted molar refractivity (Wildman–Crippen MR) is 137 cm³/mol. The Balaban J connectivity index is 1.66. The van der Waals surface area contributed by atoms with Gasteiger partial charge in [0.15, 0.2) is 5.84 Å². The van der Waals surface area contributed by atoms with E-state index < -0.39 is 36.5 Å². The summed E-state index contributed by atoms with van der Waals surface area (Å²) in [5.74, 6) is 0.224. The maximum absolute atomic E-state index is 14.1. The largest absolute Gasteiger partial charge is 0.434 e. The molecule has 206 valence electrons. The Morgan fingerprint density at radius 2 is 2.00 bits per heavy atom. The monoisotopic (exact) mass is 547 g/mol. The molecule has 0 aliphatic carbocycles. The van der Waals surface area contributed by atoms with Crippen LogP contribution in [0.2, 0.25) is 0 Å². The molecule has 5 rings (SSSR count). The molecule has 2 bridgehead atoms. The highest BCUT2D eigenvalue weighted by Gasteiger charge is 2.50. The number of aliphatic hydroxyl groups is 1. The van der Waals surface area contributed by atoms with E-state index >= 15 is 0 Å². The number of allylic oxidation sites excluding steroid dienone is 1. The van der Waals surface area contributed by atoms with Gasteiger partial charge in [-0.25, -0.2) is 15.0 Å². The number of halogens is 5. The Morgan fingerprint density at radius 1 is 1.26 bits per heavy atom. The molecule has 3 aromatic rings. The normalized spacial score (nSPS) is 21.6. The number of fused-ring (bicyclic) bond motifs is 9. The summed E-state index contributed by atoms with van der Waals surface area (Å²) in [6.07, 6.45) is -2.95. The molecule has 12 heteroatoms. The van der Waals surface area contributed by atoms with E-state index in [1.807, 2.05) is 6.07 Å². The number of nitrogens with one attached hydrogen (secondary N) is 1. The number of rotatable bonds is 5. The van der Waals surface area contributed by atoms with Gasteiger partial charge in [-0.3, -0.25) is 5.32 Å². The molecule has 0 saturated heterocycles. The summed E-state index contributed by atoms with van der Waals surface area (Å²) in [6, 6.07) is 5.66. The molecular weight excluding hydrogens is 521 g/mol. The van der Waals surface area contributed by atoms with Gasteiger partial charge >= 0.3 is 12.8 Å². The molecule has 0 saturated carbocycles. The molecule has 0 amide bonds. The van der Waals surface area contributed by atoms with Crippen LogP contribution in [0.25, 0.3) is 16.6 Å². The SMILES string of the molecule is C=NC(=N/C=C(\C)c1ccc2nc3n(c2c1)[C@@H]1CC3N[C@@H](C(F)(F)F)c2cccc(OC(F)F)c21)C(C)(C)O. The van der Waals surface area contributed by atoms with Gasteiger partial charge in [0, 0.05) is 11.8 Å². The molecule has 39 heavy (non-hydrogen) atoms. The summed E-state index contributed by atoms with van der Waals surface area (Å²) in [6.45, 7) is 5.11. The first-order valence-corrected chi connectivity index (χ1v) is 12.2. The fourth-order valence-corrected chi connectivity index (χ4v) is 5.31. The van der Waals surface area contributed by atoms with Gasteiger partial charge in [0.25, 0.3) is 0 Å². The molecule has 2 aliphatic heterocycles. The van der Waals surface area contributed by atoms with Crippen LogP contribution in [0, 0.1) is 0 Å². The number of aliphatic imine (C=N–C) groups is 2. The summed E-state index contributed by atoms with van der Waals surface area (Å²) >= 11 is 0. The van der Waals surface area contributed by atoms with E-state index in [-0.39, 0.29) is 29.1 Å². The van der Waals surface area contributed by atoms with Crippen LogP contribution < -0.4 is 10.1 Å². The summed E-state index contributed by atoms with van der Waals surface area (Å²) in [5.41, 5.74) is 1.24. The van der Waals surface area contributed by atoms with Gasteiger partial charge < -0.3 is 14.4 Å². The summed E-state index contributed by atoms with van der Waals surface area (Å²) in [7, 11) is 0. The minimum atomic E-state index is -4.67. The minimum absolute atomic E-state index is 0.0577. The summed E-state index contributed by atoms with van der Waals surface area (Å²) in [5, 5.41) is 12.8. The Hall–Kier alpha value is -3.64. The van der Waals surface area contributed by atoms with Gasteiger partial charge in [0.05, 0.1) is 23.1 Å². The molecule has 0 radical (unpaired) electrons. The molecule has 1 unspecified atom stereocenters. The average Bonchev–Trinajstić information content (AvgIpc) is 3.30. The molecular formula is C27H26F5N5O2. The van der Waals surface area contributed by atoms with Crippen molar-refractivity contribution >= 4 is 29.2 Å². The van der Waals surface area contributed by atoms with Gasteiger partial charge in [-0.1, -0.05) is 18.2 Å². The van der Waals surface area contributed by atoms with Crippen LogP contribution in [0.1, 0.15) is 67.8 Å². The number of imidazole rings is 1. The zero-order valence-electron chi connectivity index (χ0n) is 21.3. The van der Waals surface area contributed by atoms with Crippen molar-refractivity contribution in [3.63, 3.8) is 0 Å². The third-order valence-corrected chi connectivity index (χ3v) is 6.99. The fraction of sp³-hybridized carbons (Fsp3) is 0.370. The van der Waals surface area contributed by atoms with Gasteiger partial charge in [0.2, 0.25) is 0 Å². The van der Waals surface area contributed by atoms with Crippen LogP contribution >= 0.6 is 0 Å². The summed E-state index contributed by atoms with van der Waals surface area (Å²) < 4.78 is 75.6. The number of amidine groups is 1. The maximum atomic E-state index is 14.1. The Morgan fingerprint density at radius 3 is 2.64 bits per heavy atom. The quantitative estimate of drug-likeness (QED) is 0.229. The second kappa shape index (κ2) is 9.53. The van der Waals surface area contributed by atoms with Crippen molar-refractivity contribution in [3.05, 3.63) is 65.1 Å². The lowest BCUT2D eigenvalue weighted by Gasteiger charge is -2.28. The van der Waals surface area contributed by atoms with Crippen molar-refractivity contribution in [1.29, 1.82) is 0 Å². The van der Waals surface area contributed by atoms with Crippen molar-refractivity contribution < 1.29 is 31.8 Å². The molecule has 0 fully saturated rings. The maximum Gasteiger partial charge on any atom is 0.407 e.